The summed E-state index contributed by atoms with van der Waals surface area (Å²) in [6.07, 6.45) is -8.72. The molecular weight excluding hydrogens is 540 g/mol. The van der Waals surface area contributed by atoms with Gasteiger partial charge in [-0.05, 0) is 65.4 Å². The van der Waals surface area contributed by atoms with E-state index < -0.39 is 54.2 Å². The summed E-state index contributed by atoms with van der Waals surface area (Å²) in [5.74, 6) is -0.592. The molecule has 1 unspecified atom stereocenters. The number of benzene rings is 2. The molecule has 1 atom stereocenters. The normalized spacial score (nSPS) is 12.8. The van der Waals surface area contributed by atoms with Crippen molar-refractivity contribution in [2.45, 2.75) is 44.3 Å². The number of carbonyl (C=O) groups excluding carboxylic acids is 2. The van der Waals surface area contributed by atoms with Gasteiger partial charge in [0.2, 0.25) is 0 Å². The minimum atomic E-state index is -5.00. The number of amides is 1. The number of aromatic amines is 1. The standard InChI is InChI=1S/C28H23F6N3O3/c29-27(30,31)20-11-18(12-21(14-20)28(32,33)34)5-6-25(38)24(15-22-13-19-3-1-2-4-23(19)36-22)37-26(39)40-16-17-7-9-35-10-8-17/h1-4,7-14,24,36H,5-6,15-16H2,(H,37,39). The molecule has 0 bridgehead atoms. The fourth-order valence-corrected chi connectivity index (χ4v) is 4.13. The van der Waals surface area contributed by atoms with Crippen LogP contribution in [0, 0.1) is 0 Å². The molecule has 0 spiro atoms. The number of Topliss-reactive ketones (excluding diaryl/α,β-unsaturated/α-hetero) is 1. The van der Waals surface area contributed by atoms with Crippen LogP contribution in [-0.4, -0.2) is 27.9 Å². The van der Waals surface area contributed by atoms with Crippen LogP contribution in [0.1, 0.15) is 34.4 Å². The minimum absolute atomic E-state index is 0.00569. The average Bonchev–Trinajstić information content (AvgIpc) is 3.32. The second-order valence-corrected chi connectivity index (χ2v) is 9.09. The lowest BCUT2D eigenvalue weighted by Gasteiger charge is -2.18. The lowest BCUT2D eigenvalue weighted by atomic mass is 9.97. The van der Waals surface area contributed by atoms with Crippen molar-refractivity contribution in [1.29, 1.82) is 0 Å². The third-order valence-electron chi connectivity index (χ3n) is 6.12. The van der Waals surface area contributed by atoms with Crippen LogP contribution in [0.3, 0.4) is 0 Å². The summed E-state index contributed by atoms with van der Waals surface area (Å²) in [7, 11) is 0. The van der Waals surface area contributed by atoms with Gasteiger partial charge in [-0.2, -0.15) is 26.3 Å². The Labute approximate surface area is 224 Å². The van der Waals surface area contributed by atoms with E-state index in [1.807, 2.05) is 24.3 Å². The Morgan fingerprint density at radius 2 is 1.52 bits per heavy atom. The van der Waals surface area contributed by atoms with Crippen LogP contribution in [0.5, 0.6) is 0 Å². The molecular formula is C28H23F6N3O3. The van der Waals surface area contributed by atoms with Crippen LogP contribution in [0.15, 0.2) is 73.1 Å². The zero-order valence-electron chi connectivity index (χ0n) is 20.8. The number of fused-ring (bicyclic) bond motifs is 1. The number of H-pyrrole nitrogens is 1. The number of ketones is 1. The summed E-state index contributed by atoms with van der Waals surface area (Å²) in [5, 5.41) is 3.34. The van der Waals surface area contributed by atoms with Crippen molar-refractivity contribution in [2.75, 3.05) is 0 Å². The molecule has 6 nitrogen and oxygen atoms in total. The monoisotopic (exact) mass is 563 g/mol. The molecule has 1 amide bonds. The summed E-state index contributed by atoms with van der Waals surface area (Å²) >= 11 is 0. The lowest BCUT2D eigenvalue weighted by Crippen LogP contribution is -2.42. The molecule has 0 aliphatic rings. The maximum atomic E-state index is 13.2. The third kappa shape index (κ3) is 7.61. The SMILES string of the molecule is O=C(NC(Cc1cc2ccccc2[nH]1)C(=O)CCc1cc(C(F)(F)F)cc(C(F)(F)F)c1)OCc1ccncc1. The number of para-hydroxylation sites is 1. The average molecular weight is 563 g/mol. The highest BCUT2D eigenvalue weighted by molar-refractivity contribution is 5.88. The fourth-order valence-electron chi connectivity index (χ4n) is 4.13. The second kappa shape index (κ2) is 11.8. The summed E-state index contributed by atoms with van der Waals surface area (Å²) in [6, 6.07) is 12.4. The first-order valence-electron chi connectivity index (χ1n) is 12.1. The maximum absolute atomic E-state index is 13.2. The predicted octanol–water partition coefficient (Wildman–Crippen LogP) is 6.64. The Bertz CT molecular complexity index is 1420. The Morgan fingerprint density at radius 1 is 0.875 bits per heavy atom. The molecule has 0 aliphatic carbocycles. The molecule has 12 heteroatoms. The van der Waals surface area contributed by atoms with Gasteiger partial charge in [0.25, 0.3) is 0 Å². The van der Waals surface area contributed by atoms with Crippen LogP contribution in [-0.2, 0) is 41.3 Å². The van der Waals surface area contributed by atoms with Crippen molar-refractivity contribution < 1.29 is 40.7 Å². The van der Waals surface area contributed by atoms with Gasteiger partial charge in [0.1, 0.15) is 6.61 Å². The molecule has 2 N–H and O–H groups in total. The highest BCUT2D eigenvalue weighted by Crippen LogP contribution is 2.36. The van der Waals surface area contributed by atoms with E-state index in [0.29, 0.717) is 23.4 Å². The van der Waals surface area contributed by atoms with E-state index in [9.17, 15) is 35.9 Å². The number of aryl methyl sites for hydroxylation is 1. The molecule has 0 radical (unpaired) electrons. The first kappa shape index (κ1) is 28.7. The third-order valence-corrected chi connectivity index (χ3v) is 6.12. The van der Waals surface area contributed by atoms with Gasteiger partial charge in [0.05, 0.1) is 17.2 Å². The number of alkyl halides is 6. The number of rotatable bonds is 9. The quantitative estimate of drug-likeness (QED) is 0.224. The second-order valence-electron chi connectivity index (χ2n) is 9.09. The van der Waals surface area contributed by atoms with E-state index >= 15 is 0 Å². The van der Waals surface area contributed by atoms with E-state index in [0.717, 1.165) is 10.9 Å². The molecule has 210 valence electrons. The van der Waals surface area contributed by atoms with Gasteiger partial charge >= 0.3 is 18.4 Å². The Balaban J connectivity index is 1.51. The van der Waals surface area contributed by atoms with Gasteiger partial charge in [0.15, 0.2) is 5.78 Å². The van der Waals surface area contributed by atoms with Gasteiger partial charge in [-0.1, -0.05) is 18.2 Å². The predicted molar refractivity (Wildman–Crippen MR) is 133 cm³/mol. The van der Waals surface area contributed by atoms with E-state index in [2.05, 4.69) is 15.3 Å². The fraction of sp³-hybridized carbons (Fsp3) is 0.250. The molecule has 2 heterocycles. The van der Waals surface area contributed by atoms with Gasteiger partial charge < -0.3 is 15.0 Å². The summed E-state index contributed by atoms with van der Waals surface area (Å²) in [6.45, 7) is -0.105. The molecule has 0 saturated carbocycles. The van der Waals surface area contributed by atoms with Gasteiger partial charge in [-0.15, -0.1) is 0 Å². The zero-order valence-corrected chi connectivity index (χ0v) is 20.8. The maximum Gasteiger partial charge on any atom is 0.416 e. The number of aromatic nitrogens is 2. The number of hydrogen-bond donors (Lipinski definition) is 2. The van der Waals surface area contributed by atoms with Gasteiger partial charge in [-0.25, -0.2) is 4.79 Å². The van der Waals surface area contributed by atoms with Crippen molar-refractivity contribution in [3.05, 3.63) is 101 Å². The van der Waals surface area contributed by atoms with Crippen LogP contribution in [0.4, 0.5) is 31.1 Å². The van der Waals surface area contributed by atoms with Crippen molar-refractivity contribution in [1.82, 2.24) is 15.3 Å². The van der Waals surface area contributed by atoms with E-state index in [1.54, 1.807) is 18.2 Å². The molecule has 40 heavy (non-hydrogen) atoms. The first-order valence-corrected chi connectivity index (χ1v) is 12.1. The van der Waals surface area contributed by atoms with Crippen molar-refractivity contribution >= 4 is 22.8 Å². The summed E-state index contributed by atoms with van der Waals surface area (Å²) < 4.78 is 84.6. The van der Waals surface area contributed by atoms with E-state index in [-0.39, 0.29) is 24.7 Å². The number of nitrogens with one attached hydrogen (secondary N) is 2. The number of halogens is 6. The topological polar surface area (TPSA) is 84.1 Å². The number of pyridine rings is 1. The Morgan fingerprint density at radius 3 is 2.15 bits per heavy atom. The molecule has 0 saturated heterocycles. The number of ether oxygens (including phenoxy) is 1. The van der Waals surface area contributed by atoms with Gasteiger partial charge in [0, 0.05) is 36.4 Å². The minimum Gasteiger partial charge on any atom is -0.445 e. The highest BCUT2D eigenvalue weighted by atomic mass is 19.4. The van der Waals surface area contributed by atoms with Crippen LogP contribution < -0.4 is 5.32 Å². The van der Waals surface area contributed by atoms with Crippen molar-refractivity contribution in [3.63, 3.8) is 0 Å². The van der Waals surface area contributed by atoms with Crippen LogP contribution >= 0.6 is 0 Å². The first-order chi connectivity index (χ1) is 18.9. The smallest absolute Gasteiger partial charge is 0.416 e. The largest absolute Gasteiger partial charge is 0.445 e. The molecule has 4 aromatic rings. The molecule has 2 aromatic carbocycles. The summed E-state index contributed by atoms with van der Waals surface area (Å²) in [5.41, 5.74) is -1.21. The van der Waals surface area contributed by atoms with E-state index in [1.165, 1.54) is 12.4 Å². The number of nitrogens with zero attached hydrogens (tertiary/aromatic N) is 1. The number of alkyl carbamates (subject to hydrolysis) is 1. The molecule has 0 aliphatic heterocycles. The Hall–Kier alpha value is -4.35. The molecule has 2 aromatic heterocycles. The molecule has 0 fully saturated rings. The van der Waals surface area contributed by atoms with Crippen LogP contribution in [0.2, 0.25) is 0 Å². The number of carbonyl (C=O) groups is 2. The lowest BCUT2D eigenvalue weighted by molar-refractivity contribution is -0.143. The molecule has 4 rings (SSSR count). The Kier molecular flexibility index (Phi) is 8.46. The van der Waals surface area contributed by atoms with Crippen molar-refractivity contribution in [3.8, 4) is 0 Å². The highest BCUT2D eigenvalue weighted by Gasteiger charge is 2.37. The van der Waals surface area contributed by atoms with E-state index in [4.69, 9.17) is 4.74 Å². The summed E-state index contributed by atoms with van der Waals surface area (Å²) in [4.78, 5) is 32.7. The zero-order chi connectivity index (χ0) is 28.9. The van der Waals surface area contributed by atoms with Crippen LogP contribution in [0.25, 0.3) is 10.9 Å². The van der Waals surface area contributed by atoms with Gasteiger partial charge in [-0.3, -0.25) is 9.78 Å². The van der Waals surface area contributed by atoms with Crippen molar-refractivity contribution in [2.24, 2.45) is 0 Å². The number of hydrogen-bond acceptors (Lipinski definition) is 4.